The molecule has 1 rings (SSSR count). The van der Waals surface area contributed by atoms with Crippen molar-refractivity contribution in [2.75, 3.05) is 6.54 Å². The zero-order valence-electron chi connectivity index (χ0n) is 7.16. The Morgan fingerprint density at radius 3 is 2.75 bits per heavy atom. The highest BCUT2D eigenvalue weighted by Crippen LogP contribution is 2.20. The lowest BCUT2D eigenvalue weighted by atomic mass is 10.3. The lowest BCUT2D eigenvalue weighted by molar-refractivity contribution is -0.142. The Balaban J connectivity index is 2.20. The summed E-state index contributed by atoms with van der Waals surface area (Å²) in [4.78, 5) is 11.0. The first-order valence-electron chi connectivity index (χ1n) is 4.40. The van der Waals surface area contributed by atoms with Crippen molar-refractivity contribution in [2.24, 2.45) is 5.73 Å². The predicted octanol–water partition coefficient (Wildman–Crippen LogP) is 0.987. The molecule has 1 aliphatic carbocycles. The molecule has 0 bridgehead atoms. The number of ether oxygens (including phenoxy) is 1. The second kappa shape index (κ2) is 4.93. The largest absolute Gasteiger partial charge is 0.459 e. The van der Waals surface area contributed by atoms with Crippen LogP contribution in [0.25, 0.3) is 0 Å². The molecule has 0 aromatic carbocycles. The fraction of sp³-hybridized carbons (Fsp3) is 0.667. The molecule has 0 saturated heterocycles. The molecular weight excluding hydrogens is 154 g/mol. The Hall–Kier alpha value is -0.830. The van der Waals surface area contributed by atoms with E-state index in [4.69, 9.17) is 10.5 Å². The quantitative estimate of drug-likeness (QED) is 0.506. The molecule has 68 valence electrons. The van der Waals surface area contributed by atoms with Crippen LogP contribution in [-0.4, -0.2) is 18.6 Å². The Kier molecular flexibility index (Phi) is 3.80. The molecule has 0 aromatic rings. The minimum absolute atomic E-state index is 0.153. The average Bonchev–Trinajstić information content (AvgIpc) is 2.53. The number of esters is 1. The second-order valence-electron chi connectivity index (χ2n) is 2.98. The van der Waals surface area contributed by atoms with Gasteiger partial charge in [0.15, 0.2) is 0 Å². The summed E-state index contributed by atoms with van der Waals surface area (Å²) >= 11 is 0. The van der Waals surface area contributed by atoms with Gasteiger partial charge in [-0.3, -0.25) is 0 Å². The molecule has 0 amide bonds. The first kappa shape index (κ1) is 9.26. The molecule has 0 spiro atoms. The standard InChI is InChI=1S/C9H15NO2/c10-7-3-6-9(11)12-8-4-1-2-5-8/h3,6,8H,1-2,4-5,7,10H2/b6-3+. The van der Waals surface area contributed by atoms with Gasteiger partial charge in [0.2, 0.25) is 0 Å². The number of carbonyl (C=O) groups is 1. The third-order valence-corrected chi connectivity index (χ3v) is 1.98. The maximum Gasteiger partial charge on any atom is 0.330 e. The summed E-state index contributed by atoms with van der Waals surface area (Å²) in [6.45, 7) is 0.389. The predicted molar refractivity (Wildman–Crippen MR) is 46.5 cm³/mol. The summed E-state index contributed by atoms with van der Waals surface area (Å²) in [5.41, 5.74) is 5.19. The van der Waals surface area contributed by atoms with E-state index in [0.29, 0.717) is 6.54 Å². The van der Waals surface area contributed by atoms with E-state index in [2.05, 4.69) is 0 Å². The van der Waals surface area contributed by atoms with Crippen molar-refractivity contribution in [1.29, 1.82) is 0 Å². The van der Waals surface area contributed by atoms with Crippen LogP contribution in [0.15, 0.2) is 12.2 Å². The number of hydrogen-bond acceptors (Lipinski definition) is 3. The highest BCUT2D eigenvalue weighted by Gasteiger charge is 2.17. The first-order valence-corrected chi connectivity index (χ1v) is 4.40. The van der Waals surface area contributed by atoms with Crippen molar-refractivity contribution in [2.45, 2.75) is 31.8 Å². The highest BCUT2D eigenvalue weighted by molar-refractivity contribution is 5.82. The number of carbonyl (C=O) groups excluding carboxylic acids is 1. The Labute approximate surface area is 72.6 Å². The molecule has 0 heterocycles. The van der Waals surface area contributed by atoms with Gasteiger partial charge in [0.1, 0.15) is 6.10 Å². The van der Waals surface area contributed by atoms with Crippen molar-refractivity contribution in [3.63, 3.8) is 0 Å². The highest BCUT2D eigenvalue weighted by atomic mass is 16.5. The van der Waals surface area contributed by atoms with Crippen LogP contribution in [0, 0.1) is 0 Å². The Morgan fingerprint density at radius 2 is 2.17 bits per heavy atom. The van der Waals surface area contributed by atoms with Gasteiger partial charge in [-0.05, 0) is 25.7 Å². The fourth-order valence-corrected chi connectivity index (χ4v) is 1.37. The summed E-state index contributed by atoms with van der Waals surface area (Å²) in [5, 5.41) is 0. The molecule has 0 aromatic heterocycles. The summed E-state index contributed by atoms with van der Waals surface area (Å²) in [5.74, 6) is -0.257. The summed E-state index contributed by atoms with van der Waals surface area (Å²) in [7, 11) is 0. The number of nitrogens with two attached hydrogens (primary N) is 1. The van der Waals surface area contributed by atoms with Crippen molar-refractivity contribution in [1.82, 2.24) is 0 Å². The Morgan fingerprint density at radius 1 is 1.50 bits per heavy atom. The smallest absolute Gasteiger partial charge is 0.330 e. The Bertz CT molecular complexity index is 171. The van der Waals surface area contributed by atoms with Crippen molar-refractivity contribution >= 4 is 5.97 Å². The van der Waals surface area contributed by atoms with Crippen LogP contribution in [0.3, 0.4) is 0 Å². The van der Waals surface area contributed by atoms with Gasteiger partial charge in [0.05, 0.1) is 0 Å². The van der Waals surface area contributed by atoms with Crippen LogP contribution in [0.1, 0.15) is 25.7 Å². The molecule has 3 heteroatoms. The van der Waals surface area contributed by atoms with Gasteiger partial charge in [-0.15, -0.1) is 0 Å². The third kappa shape index (κ3) is 3.05. The topological polar surface area (TPSA) is 52.3 Å². The molecule has 0 radical (unpaired) electrons. The van der Waals surface area contributed by atoms with Crippen molar-refractivity contribution in [3.05, 3.63) is 12.2 Å². The van der Waals surface area contributed by atoms with E-state index < -0.39 is 0 Å². The molecule has 2 N–H and O–H groups in total. The van der Waals surface area contributed by atoms with Gasteiger partial charge in [0.25, 0.3) is 0 Å². The zero-order valence-corrected chi connectivity index (χ0v) is 7.16. The van der Waals surface area contributed by atoms with Crippen molar-refractivity contribution in [3.8, 4) is 0 Å². The minimum atomic E-state index is -0.257. The minimum Gasteiger partial charge on any atom is -0.459 e. The second-order valence-corrected chi connectivity index (χ2v) is 2.98. The normalized spacial score (nSPS) is 18.8. The average molecular weight is 169 g/mol. The molecule has 0 atom stereocenters. The molecular formula is C9H15NO2. The van der Waals surface area contributed by atoms with E-state index >= 15 is 0 Å². The third-order valence-electron chi connectivity index (χ3n) is 1.98. The van der Waals surface area contributed by atoms with Gasteiger partial charge in [0, 0.05) is 12.6 Å². The van der Waals surface area contributed by atoms with Crippen LogP contribution < -0.4 is 5.73 Å². The van der Waals surface area contributed by atoms with Gasteiger partial charge in [-0.2, -0.15) is 0 Å². The lowest BCUT2D eigenvalue weighted by Crippen LogP contribution is -2.12. The SMILES string of the molecule is NC/C=C/C(=O)OC1CCCC1. The number of hydrogen-bond donors (Lipinski definition) is 1. The molecule has 0 unspecified atom stereocenters. The van der Waals surface area contributed by atoms with Gasteiger partial charge in [-0.25, -0.2) is 4.79 Å². The maximum absolute atomic E-state index is 11.0. The van der Waals surface area contributed by atoms with Crippen LogP contribution >= 0.6 is 0 Å². The van der Waals surface area contributed by atoms with Gasteiger partial charge >= 0.3 is 5.97 Å². The first-order chi connectivity index (χ1) is 5.83. The maximum atomic E-state index is 11.0. The van der Waals surface area contributed by atoms with Crippen LogP contribution in [0.5, 0.6) is 0 Å². The summed E-state index contributed by atoms with van der Waals surface area (Å²) < 4.78 is 5.13. The van der Waals surface area contributed by atoms with E-state index in [1.165, 1.54) is 18.9 Å². The van der Waals surface area contributed by atoms with E-state index in [9.17, 15) is 4.79 Å². The molecule has 1 fully saturated rings. The van der Waals surface area contributed by atoms with E-state index in [0.717, 1.165) is 12.8 Å². The fourth-order valence-electron chi connectivity index (χ4n) is 1.37. The molecule has 1 saturated carbocycles. The van der Waals surface area contributed by atoms with Gasteiger partial charge in [-0.1, -0.05) is 6.08 Å². The summed E-state index contributed by atoms with van der Waals surface area (Å²) in [6, 6.07) is 0. The van der Waals surface area contributed by atoms with E-state index in [1.807, 2.05) is 0 Å². The molecule has 1 aliphatic rings. The van der Waals surface area contributed by atoms with E-state index in [1.54, 1.807) is 6.08 Å². The molecule has 3 nitrogen and oxygen atoms in total. The monoisotopic (exact) mass is 169 g/mol. The van der Waals surface area contributed by atoms with Crippen LogP contribution in [0.4, 0.5) is 0 Å². The van der Waals surface area contributed by atoms with Crippen LogP contribution in [-0.2, 0) is 9.53 Å². The number of rotatable bonds is 3. The zero-order chi connectivity index (χ0) is 8.81. The van der Waals surface area contributed by atoms with Gasteiger partial charge < -0.3 is 10.5 Å². The van der Waals surface area contributed by atoms with E-state index in [-0.39, 0.29) is 12.1 Å². The molecule has 0 aliphatic heterocycles. The summed E-state index contributed by atoms with van der Waals surface area (Å²) in [6.07, 6.45) is 7.55. The van der Waals surface area contributed by atoms with Crippen molar-refractivity contribution < 1.29 is 9.53 Å². The molecule has 12 heavy (non-hydrogen) atoms. The van der Waals surface area contributed by atoms with Crippen LogP contribution in [0.2, 0.25) is 0 Å². The lowest BCUT2D eigenvalue weighted by Gasteiger charge is -2.08.